The highest BCUT2D eigenvalue weighted by Gasteiger charge is 2.79. The Hall–Kier alpha value is -3.69. The summed E-state index contributed by atoms with van der Waals surface area (Å²) >= 11 is 0. The number of hydrogen-bond donors (Lipinski definition) is 2. The maximum atomic E-state index is 13.2. The highest BCUT2D eigenvalue weighted by Crippen LogP contribution is 2.69. The number of primary sulfonamides is 1. The van der Waals surface area contributed by atoms with E-state index in [0.29, 0.717) is 11.3 Å². The Kier molecular flexibility index (Phi) is 5.94. The second-order valence-corrected chi connectivity index (χ2v) is 10.6. The van der Waals surface area contributed by atoms with Crippen LogP contribution in [0.25, 0.3) is 11.1 Å². The Morgan fingerprint density at radius 1 is 0.943 bits per heavy atom. The molecule has 4 rings (SSSR count). The summed E-state index contributed by atoms with van der Waals surface area (Å²) < 4.78 is 34.4. The molecule has 1 aliphatic carbocycles. The molecule has 3 aromatic carbocycles. The van der Waals surface area contributed by atoms with Crippen molar-refractivity contribution in [3.63, 3.8) is 0 Å². The van der Waals surface area contributed by atoms with E-state index in [0.717, 1.165) is 11.1 Å². The predicted octanol–water partition coefficient (Wildman–Crippen LogP) is 3.21. The third kappa shape index (κ3) is 4.06. The van der Waals surface area contributed by atoms with Crippen molar-refractivity contribution in [1.29, 1.82) is 0 Å². The van der Waals surface area contributed by atoms with Gasteiger partial charge in [-0.05, 0) is 41.5 Å². The lowest BCUT2D eigenvalue weighted by atomic mass is 10.0. The van der Waals surface area contributed by atoms with Gasteiger partial charge in [0.05, 0.1) is 17.6 Å². The molecule has 1 aliphatic rings. The zero-order valence-corrected chi connectivity index (χ0v) is 20.3. The van der Waals surface area contributed by atoms with Gasteiger partial charge < -0.3 is 15.2 Å². The molecule has 0 aliphatic heterocycles. The third-order valence-electron chi connectivity index (χ3n) is 6.68. The molecule has 0 bridgehead atoms. The Balaban J connectivity index is 1.66. The third-order valence-corrected chi connectivity index (χ3v) is 7.61. The number of carbonyl (C=O) groups is 2. The largest absolute Gasteiger partial charge is 0.496 e. The second-order valence-electron chi connectivity index (χ2n) is 9.04. The fraction of sp³-hybridized carbons (Fsp3) is 0.231. The lowest BCUT2D eigenvalue weighted by Crippen LogP contribution is -2.40. The van der Waals surface area contributed by atoms with Crippen LogP contribution < -0.4 is 15.6 Å². The molecular formula is C26H26N2O6S. The molecule has 9 heteroatoms. The number of ether oxygens (including phenoxy) is 2. The number of hydrogen-bond acceptors (Lipinski definition) is 6. The van der Waals surface area contributed by atoms with Crippen molar-refractivity contribution in [2.75, 3.05) is 7.11 Å². The lowest BCUT2D eigenvalue weighted by Gasteiger charge is -2.18. The minimum Gasteiger partial charge on any atom is -0.496 e. The van der Waals surface area contributed by atoms with Crippen molar-refractivity contribution < 1.29 is 27.5 Å². The number of sulfonamides is 1. The van der Waals surface area contributed by atoms with Gasteiger partial charge in [-0.1, -0.05) is 56.3 Å². The predicted molar refractivity (Wildman–Crippen MR) is 130 cm³/mol. The van der Waals surface area contributed by atoms with Crippen molar-refractivity contribution in [3.05, 3.63) is 83.9 Å². The molecule has 0 radical (unpaired) electrons. The van der Waals surface area contributed by atoms with Gasteiger partial charge in [-0.25, -0.2) is 18.4 Å². The Morgan fingerprint density at radius 3 is 2.20 bits per heavy atom. The van der Waals surface area contributed by atoms with Crippen molar-refractivity contribution in [3.8, 4) is 16.9 Å². The van der Waals surface area contributed by atoms with Crippen molar-refractivity contribution in [1.82, 2.24) is 0 Å². The number of benzene rings is 3. The van der Waals surface area contributed by atoms with E-state index < -0.39 is 38.8 Å². The van der Waals surface area contributed by atoms with E-state index in [2.05, 4.69) is 0 Å². The maximum absolute atomic E-state index is 13.2. The van der Waals surface area contributed by atoms with Crippen LogP contribution in [0.1, 0.15) is 35.7 Å². The summed E-state index contributed by atoms with van der Waals surface area (Å²) in [5.74, 6) is -1.39. The summed E-state index contributed by atoms with van der Waals surface area (Å²) in [5.41, 5.74) is 5.75. The SMILES string of the molecule is COc1ccccc1-c1cccc(C(=O)OC2(C(N)=O)C(c3ccc(S(N)(=O)=O)cc3)C2(C)C)c1. The average molecular weight is 495 g/mol. The quantitative estimate of drug-likeness (QED) is 0.484. The zero-order valence-electron chi connectivity index (χ0n) is 19.5. The van der Waals surface area contributed by atoms with Crippen LogP contribution in [-0.2, 0) is 19.6 Å². The summed E-state index contributed by atoms with van der Waals surface area (Å²) in [7, 11) is -2.30. The molecule has 4 N–H and O–H groups in total. The Bertz CT molecular complexity index is 1420. The molecule has 1 saturated carbocycles. The van der Waals surface area contributed by atoms with Crippen molar-refractivity contribution in [2.24, 2.45) is 16.3 Å². The fourth-order valence-corrected chi connectivity index (χ4v) is 5.34. The molecule has 0 saturated heterocycles. The van der Waals surface area contributed by atoms with Gasteiger partial charge in [0, 0.05) is 16.9 Å². The lowest BCUT2D eigenvalue weighted by molar-refractivity contribution is -0.131. The van der Waals surface area contributed by atoms with E-state index in [-0.39, 0.29) is 10.5 Å². The monoisotopic (exact) mass is 494 g/mol. The Labute approximate surface area is 203 Å². The van der Waals surface area contributed by atoms with Gasteiger partial charge in [0.1, 0.15) is 5.75 Å². The number of rotatable bonds is 7. The van der Waals surface area contributed by atoms with Gasteiger partial charge in [-0.2, -0.15) is 0 Å². The smallest absolute Gasteiger partial charge is 0.339 e. The van der Waals surface area contributed by atoms with Crippen LogP contribution in [-0.4, -0.2) is 33.0 Å². The number of esters is 1. The van der Waals surface area contributed by atoms with Crippen LogP contribution >= 0.6 is 0 Å². The molecule has 0 aromatic heterocycles. The summed E-state index contributed by atoms with van der Waals surface area (Å²) in [5, 5.41) is 5.18. The second kappa shape index (κ2) is 8.51. The molecule has 1 amide bonds. The van der Waals surface area contributed by atoms with Crippen LogP contribution in [0.3, 0.4) is 0 Å². The van der Waals surface area contributed by atoms with E-state index >= 15 is 0 Å². The molecule has 0 spiro atoms. The standard InChI is InChI=1S/C26H26N2O6S/c1-25(2)22(16-11-13-19(14-12-16)35(28,31)32)26(25,24(27)30)34-23(29)18-8-6-7-17(15-18)20-9-4-5-10-21(20)33-3/h4-15,22H,1-3H3,(H2,27,30)(H2,28,31,32). The van der Waals surface area contributed by atoms with E-state index in [4.69, 9.17) is 20.3 Å². The first-order chi connectivity index (χ1) is 16.4. The molecule has 1 fully saturated rings. The molecule has 3 aromatic rings. The zero-order chi connectivity index (χ0) is 25.6. The normalized spacial score (nSPS) is 20.6. The first-order valence-corrected chi connectivity index (χ1v) is 12.4. The molecule has 182 valence electrons. The maximum Gasteiger partial charge on any atom is 0.339 e. The summed E-state index contributed by atoms with van der Waals surface area (Å²) in [6, 6.07) is 20.0. The number of carbonyl (C=O) groups excluding carboxylic acids is 2. The summed E-state index contributed by atoms with van der Waals surface area (Å²) in [6.07, 6.45) is 0. The van der Waals surface area contributed by atoms with Gasteiger partial charge >= 0.3 is 5.97 Å². The minimum atomic E-state index is -3.87. The number of primary amides is 1. The number of nitrogens with two attached hydrogens (primary N) is 2. The van der Waals surface area contributed by atoms with Crippen LogP contribution in [0.4, 0.5) is 0 Å². The van der Waals surface area contributed by atoms with Gasteiger partial charge in [0.25, 0.3) is 5.91 Å². The number of methoxy groups -OCH3 is 1. The van der Waals surface area contributed by atoms with E-state index in [9.17, 15) is 18.0 Å². The highest BCUT2D eigenvalue weighted by atomic mass is 32.2. The van der Waals surface area contributed by atoms with Crippen molar-refractivity contribution in [2.45, 2.75) is 30.3 Å². The molecule has 2 atom stereocenters. The number of amides is 1. The highest BCUT2D eigenvalue weighted by molar-refractivity contribution is 7.89. The van der Waals surface area contributed by atoms with Gasteiger partial charge in [-0.3, -0.25) is 4.79 Å². The molecule has 8 nitrogen and oxygen atoms in total. The van der Waals surface area contributed by atoms with E-state index in [1.165, 1.54) is 12.1 Å². The first kappa shape index (κ1) is 24.4. The fourth-order valence-electron chi connectivity index (χ4n) is 4.83. The topological polar surface area (TPSA) is 139 Å². The van der Waals surface area contributed by atoms with Gasteiger partial charge in [0.15, 0.2) is 0 Å². The molecular weight excluding hydrogens is 468 g/mol. The van der Waals surface area contributed by atoms with E-state index in [1.54, 1.807) is 51.3 Å². The van der Waals surface area contributed by atoms with Gasteiger partial charge in [0.2, 0.25) is 15.6 Å². The van der Waals surface area contributed by atoms with Crippen molar-refractivity contribution >= 4 is 21.9 Å². The number of para-hydroxylation sites is 1. The molecule has 35 heavy (non-hydrogen) atoms. The first-order valence-electron chi connectivity index (χ1n) is 10.8. The molecule has 2 unspecified atom stereocenters. The van der Waals surface area contributed by atoms with Crippen LogP contribution in [0.5, 0.6) is 5.75 Å². The van der Waals surface area contributed by atoms with E-state index in [1.807, 2.05) is 30.3 Å². The van der Waals surface area contributed by atoms with Crippen LogP contribution in [0.2, 0.25) is 0 Å². The summed E-state index contributed by atoms with van der Waals surface area (Å²) in [4.78, 5) is 25.8. The average Bonchev–Trinajstić information content (AvgIpc) is 3.33. The van der Waals surface area contributed by atoms with Crippen LogP contribution in [0, 0.1) is 5.41 Å². The van der Waals surface area contributed by atoms with Gasteiger partial charge in [-0.15, -0.1) is 0 Å². The Morgan fingerprint density at radius 2 is 1.60 bits per heavy atom. The summed E-state index contributed by atoms with van der Waals surface area (Å²) in [6.45, 7) is 3.54. The minimum absolute atomic E-state index is 0.0606. The van der Waals surface area contributed by atoms with Crippen LogP contribution in [0.15, 0.2) is 77.7 Å². The molecule has 0 heterocycles.